The molecule has 0 amide bonds. The Hall–Kier alpha value is 1.38. The van der Waals surface area contributed by atoms with Crippen LogP contribution in [-0.2, 0) is 18.2 Å². The van der Waals surface area contributed by atoms with Crippen molar-refractivity contribution in [3.05, 3.63) is 7.43 Å². The first-order valence-corrected chi connectivity index (χ1v) is 9.60. The van der Waals surface area contributed by atoms with E-state index >= 15 is 0 Å². The SMILES string of the molecule is C.CC(C)[PH+](C(C)C)C(C)C.CCC.[CH3-].[Cl][Pd+]. The minimum absolute atomic E-state index is 0. The molecule has 3 heteroatoms. The predicted octanol–water partition coefficient (Wildman–Crippen LogP) is 6.62. The van der Waals surface area contributed by atoms with Crippen LogP contribution in [0.5, 0.6) is 0 Å². The summed E-state index contributed by atoms with van der Waals surface area (Å²) in [6.45, 7) is 18.5. The molecule has 0 saturated heterocycles. The standard InChI is InChI=1S/C9H21P.C3H8.CH4.CH3.ClH.Pd/c1-7(2)10(8(3)4)9(5)6;1-3-2;;;;/h7-9H,1-6H3;3H2,1-2H3;1H4;1H3;1H;/q;;;-1;;+2. The van der Waals surface area contributed by atoms with Crippen LogP contribution in [0.1, 0.15) is 69.2 Å². The summed E-state index contributed by atoms with van der Waals surface area (Å²) in [6, 6.07) is 0. The third kappa shape index (κ3) is 23.0. The Labute approximate surface area is 129 Å². The Morgan fingerprint density at radius 2 is 0.941 bits per heavy atom. The van der Waals surface area contributed by atoms with Gasteiger partial charge in [-0.2, -0.15) is 0 Å². The van der Waals surface area contributed by atoms with E-state index in [0.717, 1.165) is 17.0 Å². The molecule has 0 rings (SSSR count). The molecular weight excluding hydrogens is 341 g/mol. The van der Waals surface area contributed by atoms with Gasteiger partial charge in [0.15, 0.2) is 0 Å². The second-order valence-corrected chi connectivity index (χ2v) is 9.14. The van der Waals surface area contributed by atoms with Gasteiger partial charge < -0.3 is 7.43 Å². The van der Waals surface area contributed by atoms with Gasteiger partial charge in [0.05, 0.1) is 17.0 Å². The molecule has 0 spiro atoms. The number of halogens is 1. The Morgan fingerprint density at radius 1 is 0.824 bits per heavy atom. The summed E-state index contributed by atoms with van der Waals surface area (Å²) in [5.41, 5.74) is 2.81. The zero-order chi connectivity index (χ0) is 13.0. The summed E-state index contributed by atoms with van der Waals surface area (Å²) in [4.78, 5) is 0. The van der Waals surface area contributed by atoms with Crippen LogP contribution in [0.4, 0.5) is 0 Å². The van der Waals surface area contributed by atoms with E-state index in [1.165, 1.54) is 6.42 Å². The minimum atomic E-state index is -0.0957. The van der Waals surface area contributed by atoms with Crippen LogP contribution in [0.2, 0.25) is 0 Å². The van der Waals surface area contributed by atoms with E-state index in [2.05, 4.69) is 83.1 Å². The number of hydrogen-bond donors (Lipinski definition) is 0. The van der Waals surface area contributed by atoms with Gasteiger partial charge in [-0.3, -0.25) is 0 Å². The Kier molecular flexibility index (Phi) is 41.1. The Morgan fingerprint density at radius 3 is 0.941 bits per heavy atom. The van der Waals surface area contributed by atoms with Crippen LogP contribution < -0.4 is 0 Å². The summed E-state index contributed by atoms with van der Waals surface area (Å²) in [6.07, 6.45) is 1.25. The average molecular weight is 378 g/mol. The summed E-state index contributed by atoms with van der Waals surface area (Å²) in [7, 11) is 4.39. The molecule has 0 bridgehead atoms. The van der Waals surface area contributed by atoms with Gasteiger partial charge in [0, 0.05) is 7.92 Å². The number of rotatable bonds is 3. The zero-order valence-electron chi connectivity index (χ0n) is 12.6. The molecule has 0 aliphatic heterocycles. The fourth-order valence-electron chi connectivity index (χ4n) is 2.00. The average Bonchev–Trinajstić information content (AvgIpc) is 2.06. The fraction of sp³-hybridized carbons (Fsp3) is 0.929. The third-order valence-electron chi connectivity index (χ3n) is 2.00. The molecule has 17 heavy (non-hydrogen) atoms. The van der Waals surface area contributed by atoms with Crippen LogP contribution in [-0.4, -0.2) is 17.0 Å². The first-order valence-electron chi connectivity index (χ1n) is 5.86. The second kappa shape index (κ2) is 22.6. The van der Waals surface area contributed by atoms with Gasteiger partial charge in [0.2, 0.25) is 0 Å². The summed E-state index contributed by atoms with van der Waals surface area (Å²) in [5, 5.41) is 0. The molecule has 0 saturated carbocycles. The van der Waals surface area contributed by atoms with Crippen molar-refractivity contribution in [2.75, 3.05) is 0 Å². The Balaban J connectivity index is -0.0000000598. The third-order valence-corrected chi connectivity index (χ3v) is 6.00. The molecule has 0 aromatic carbocycles. The van der Waals surface area contributed by atoms with Gasteiger partial charge in [0.25, 0.3) is 0 Å². The van der Waals surface area contributed by atoms with E-state index in [4.69, 9.17) is 0 Å². The summed E-state index contributed by atoms with van der Waals surface area (Å²) < 4.78 is 0. The first-order chi connectivity index (χ1) is 6.88. The van der Waals surface area contributed by atoms with Crippen molar-refractivity contribution in [1.29, 1.82) is 0 Å². The quantitative estimate of drug-likeness (QED) is 0.294. The van der Waals surface area contributed by atoms with Crippen LogP contribution in [0, 0.1) is 7.43 Å². The van der Waals surface area contributed by atoms with Crippen molar-refractivity contribution in [3.63, 3.8) is 0 Å². The molecule has 0 aromatic heterocycles. The van der Waals surface area contributed by atoms with E-state index in [0.29, 0.717) is 0 Å². The molecule has 0 aromatic rings. The molecule has 0 N–H and O–H groups in total. The molecule has 0 radical (unpaired) electrons. The van der Waals surface area contributed by atoms with E-state index in [1.54, 1.807) is 0 Å². The molecule has 0 heterocycles. The second-order valence-electron chi connectivity index (χ2n) is 4.67. The van der Waals surface area contributed by atoms with Gasteiger partial charge >= 0.3 is 27.7 Å². The molecule has 0 atom stereocenters. The van der Waals surface area contributed by atoms with Crippen LogP contribution in [0.15, 0.2) is 0 Å². The van der Waals surface area contributed by atoms with E-state index in [-0.39, 0.29) is 22.8 Å². The monoisotopic (exact) mass is 377 g/mol. The molecule has 0 aliphatic carbocycles. The van der Waals surface area contributed by atoms with Crippen LogP contribution >= 0.6 is 17.5 Å². The van der Waals surface area contributed by atoms with Gasteiger partial charge in [-0.1, -0.05) is 27.7 Å². The van der Waals surface area contributed by atoms with Gasteiger partial charge in [-0.15, -0.1) is 0 Å². The van der Waals surface area contributed by atoms with Crippen molar-refractivity contribution in [2.24, 2.45) is 0 Å². The van der Waals surface area contributed by atoms with Gasteiger partial charge in [0.1, 0.15) is 0 Å². The van der Waals surface area contributed by atoms with Crippen molar-refractivity contribution in [3.8, 4) is 0 Å². The maximum absolute atomic E-state index is 4.49. The predicted molar refractivity (Wildman–Crippen MR) is 88.7 cm³/mol. The van der Waals surface area contributed by atoms with E-state index in [1.807, 2.05) is 0 Å². The van der Waals surface area contributed by atoms with Crippen molar-refractivity contribution in [2.45, 2.75) is 86.2 Å². The van der Waals surface area contributed by atoms with Gasteiger partial charge in [-0.25, -0.2) is 0 Å². The Bertz CT molecular complexity index is 87.4. The summed E-state index contributed by atoms with van der Waals surface area (Å²) in [5.74, 6) is 0. The maximum atomic E-state index is 4.49. The molecule has 0 aliphatic rings. The molecule has 114 valence electrons. The van der Waals surface area contributed by atoms with Crippen LogP contribution in [0.25, 0.3) is 0 Å². The topological polar surface area (TPSA) is 0 Å². The molecular formula is C14H37ClPPd+. The number of hydrogen-bond acceptors (Lipinski definition) is 0. The molecule has 0 nitrogen and oxygen atoms in total. The molecule has 0 unspecified atom stereocenters. The normalized spacial score (nSPS) is 8.88. The molecule has 0 fully saturated rings. The van der Waals surface area contributed by atoms with Crippen molar-refractivity contribution in [1.82, 2.24) is 0 Å². The van der Waals surface area contributed by atoms with E-state index in [9.17, 15) is 0 Å². The van der Waals surface area contributed by atoms with Crippen LogP contribution in [0.3, 0.4) is 0 Å². The van der Waals surface area contributed by atoms with Crippen molar-refractivity contribution >= 4 is 17.5 Å². The van der Waals surface area contributed by atoms with E-state index < -0.39 is 0 Å². The summed E-state index contributed by atoms with van der Waals surface area (Å²) >= 11 is 2.22. The zero-order valence-corrected chi connectivity index (χ0v) is 15.9. The fourth-order valence-corrected chi connectivity index (χ4v) is 6.00. The van der Waals surface area contributed by atoms with Gasteiger partial charge in [-0.05, 0) is 41.5 Å². The first kappa shape index (κ1) is 31.0. The van der Waals surface area contributed by atoms with Crippen molar-refractivity contribution < 1.29 is 18.2 Å².